The molecule has 9 heteroatoms. The Hall–Kier alpha value is -3.72. The lowest BCUT2D eigenvalue weighted by Gasteiger charge is -2.33. The number of fused-ring (bicyclic) bond motifs is 1. The standard InChI is InChI=1S/C28H36N6O3/c1-7-25(26-30-31-32-34(26)28(3,4)8-2)33(17-19-9-12-22(36-5)13-10-19)18-21-15-20-11-14-23(37-6)16-24(20)29-27(21)35/h9-16,25H,7-8,17-18H2,1-6H3,(H,29,35)/t25-/m1/s1. The van der Waals surface area contributed by atoms with Gasteiger partial charge < -0.3 is 14.5 Å². The number of aromatic amines is 1. The van der Waals surface area contributed by atoms with Crippen LogP contribution in [-0.4, -0.2) is 44.3 Å². The highest BCUT2D eigenvalue weighted by Gasteiger charge is 2.31. The molecule has 0 saturated carbocycles. The van der Waals surface area contributed by atoms with Crippen LogP contribution in [0.4, 0.5) is 0 Å². The average molecular weight is 505 g/mol. The molecule has 9 nitrogen and oxygen atoms in total. The Labute approximate surface area is 217 Å². The number of methoxy groups -OCH3 is 2. The van der Waals surface area contributed by atoms with Gasteiger partial charge in [-0.05, 0) is 78.4 Å². The van der Waals surface area contributed by atoms with Gasteiger partial charge in [-0.2, -0.15) is 0 Å². The number of ether oxygens (including phenoxy) is 2. The number of hydrogen-bond acceptors (Lipinski definition) is 7. The van der Waals surface area contributed by atoms with Crippen molar-refractivity contribution in [2.45, 2.75) is 65.2 Å². The van der Waals surface area contributed by atoms with E-state index in [0.29, 0.717) is 24.4 Å². The molecule has 0 fully saturated rings. The summed E-state index contributed by atoms with van der Waals surface area (Å²) >= 11 is 0. The quantitative estimate of drug-likeness (QED) is 0.312. The zero-order chi connectivity index (χ0) is 26.6. The molecule has 2 aromatic heterocycles. The Balaban J connectivity index is 1.76. The molecular formula is C28H36N6O3. The summed E-state index contributed by atoms with van der Waals surface area (Å²) in [5.74, 6) is 2.30. The molecule has 0 saturated heterocycles. The number of nitrogens with zero attached hydrogens (tertiary/aromatic N) is 5. The number of pyridine rings is 1. The Kier molecular flexibility index (Phi) is 7.92. The molecule has 37 heavy (non-hydrogen) atoms. The third-order valence-electron chi connectivity index (χ3n) is 7.11. The van der Waals surface area contributed by atoms with Gasteiger partial charge in [0.25, 0.3) is 5.56 Å². The molecule has 0 radical (unpaired) electrons. The van der Waals surface area contributed by atoms with Crippen molar-refractivity contribution in [1.82, 2.24) is 30.1 Å². The lowest BCUT2D eigenvalue weighted by atomic mass is 10.0. The van der Waals surface area contributed by atoms with Crippen LogP contribution in [-0.2, 0) is 18.6 Å². The molecule has 1 N–H and O–H groups in total. The first kappa shape index (κ1) is 26.3. The number of hydrogen-bond donors (Lipinski definition) is 1. The lowest BCUT2D eigenvalue weighted by molar-refractivity contribution is 0.150. The molecule has 2 heterocycles. The normalized spacial score (nSPS) is 12.7. The van der Waals surface area contributed by atoms with Gasteiger partial charge in [-0.3, -0.25) is 9.69 Å². The molecule has 1 atom stereocenters. The predicted octanol–water partition coefficient (Wildman–Crippen LogP) is 4.83. The van der Waals surface area contributed by atoms with Gasteiger partial charge in [-0.1, -0.05) is 26.0 Å². The zero-order valence-electron chi connectivity index (χ0n) is 22.5. The van der Waals surface area contributed by atoms with Gasteiger partial charge >= 0.3 is 0 Å². The third-order valence-corrected chi connectivity index (χ3v) is 7.11. The highest BCUT2D eigenvalue weighted by molar-refractivity contribution is 5.80. The Morgan fingerprint density at radius 1 is 1.00 bits per heavy atom. The number of benzene rings is 2. The van der Waals surface area contributed by atoms with Crippen LogP contribution in [0.3, 0.4) is 0 Å². The monoisotopic (exact) mass is 504 g/mol. The lowest BCUT2D eigenvalue weighted by Crippen LogP contribution is -2.36. The van der Waals surface area contributed by atoms with Crippen LogP contribution >= 0.6 is 0 Å². The molecule has 2 aromatic carbocycles. The summed E-state index contributed by atoms with van der Waals surface area (Å²) in [7, 11) is 3.27. The summed E-state index contributed by atoms with van der Waals surface area (Å²) < 4.78 is 12.6. The zero-order valence-corrected chi connectivity index (χ0v) is 22.5. The molecule has 0 spiro atoms. The molecule has 196 valence electrons. The van der Waals surface area contributed by atoms with Gasteiger partial charge in [0.2, 0.25) is 0 Å². The maximum absolute atomic E-state index is 13.2. The maximum Gasteiger partial charge on any atom is 0.252 e. The number of rotatable bonds is 11. The SMILES string of the molecule is CC[C@H](c1nnnn1C(C)(C)CC)N(Cc1ccc(OC)cc1)Cc1cc2ccc(OC)cc2[nH]c1=O. The Morgan fingerprint density at radius 2 is 1.70 bits per heavy atom. The molecule has 0 aliphatic heterocycles. The van der Waals surface area contributed by atoms with Crippen LogP contribution in [0.25, 0.3) is 10.9 Å². The number of nitrogens with one attached hydrogen (secondary N) is 1. The van der Waals surface area contributed by atoms with E-state index in [1.807, 2.05) is 41.1 Å². The molecule has 0 bridgehead atoms. The minimum atomic E-state index is -0.239. The predicted molar refractivity (Wildman–Crippen MR) is 144 cm³/mol. The summed E-state index contributed by atoms with van der Waals surface area (Å²) in [5, 5.41) is 13.8. The highest BCUT2D eigenvalue weighted by Crippen LogP contribution is 2.30. The summed E-state index contributed by atoms with van der Waals surface area (Å²) in [6.07, 6.45) is 1.66. The number of aromatic nitrogens is 5. The topological polar surface area (TPSA) is 98.2 Å². The van der Waals surface area contributed by atoms with E-state index in [9.17, 15) is 4.79 Å². The fourth-order valence-electron chi connectivity index (χ4n) is 4.52. The minimum absolute atomic E-state index is 0.103. The largest absolute Gasteiger partial charge is 0.497 e. The van der Waals surface area contributed by atoms with E-state index in [1.54, 1.807) is 14.2 Å². The second-order valence-corrected chi connectivity index (χ2v) is 9.87. The average Bonchev–Trinajstić information content (AvgIpc) is 3.40. The van der Waals surface area contributed by atoms with Gasteiger partial charge in [0.1, 0.15) is 11.5 Å². The maximum atomic E-state index is 13.2. The summed E-state index contributed by atoms with van der Waals surface area (Å²) in [5.41, 5.74) is 2.17. The van der Waals surface area contributed by atoms with E-state index >= 15 is 0 Å². The van der Waals surface area contributed by atoms with Crippen LogP contribution in [0.15, 0.2) is 53.3 Å². The summed E-state index contributed by atoms with van der Waals surface area (Å²) in [6.45, 7) is 9.57. The molecular weight excluding hydrogens is 468 g/mol. The number of tetrazole rings is 1. The fraction of sp³-hybridized carbons (Fsp3) is 0.429. The minimum Gasteiger partial charge on any atom is -0.497 e. The summed E-state index contributed by atoms with van der Waals surface area (Å²) in [6, 6.07) is 15.6. The van der Waals surface area contributed by atoms with E-state index in [-0.39, 0.29) is 17.1 Å². The van der Waals surface area contributed by atoms with Crippen molar-refractivity contribution in [3.8, 4) is 11.5 Å². The second-order valence-electron chi connectivity index (χ2n) is 9.87. The van der Waals surface area contributed by atoms with Crippen molar-refractivity contribution in [1.29, 1.82) is 0 Å². The Morgan fingerprint density at radius 3 is 2.35 bits per heavy atom. The molecule has 0 aliphatic rings. The van der Waals surface area contributed by atoms with Crippen molar-refractivity contribution in [3.05, 3.63) is 75.8 Å². The molecule has 4 rings (SSSR count). The van der Waals surface area contributed by atoms with Crippen LogP contribution in [0.2, 0.25) is 0 Å². The van der Waals surface area contributed by atoms with Crippen molar-refractivity contribution in [3.63, 3.8) is 0 Å². The van der Waals surface area contributed by atoms with Crippen LogP contribution in [0, 0.1) is 0 Å². The van der Waals surface area contributed by atoms with Crippen LogP contribution < -0.4 is 15.0 Å². The van der Waals surface area contributed by atoms with Crippen molar-refractivity contribution in [2.24, 2.45) is 0 Å². The molecule has 4 aromatic rings. The van der Waals surface area contributed by atoms with E-state index < -0.39 is 0 Å². The van der Waals surface area contributed by atoms with Crippen molar-refractivity contribution >= 4 is 10.9 Å². The first-order valence-electron chi connectivity index (χ1n) is 12.6. The first-order valence-corrected chi connectivity index (χ1v) is 12.6. The smallest absolute Gasteiger partial charge is 0.252 e. The molecule has 0 unspecified atom stereocenters. The van der Waals surface area contributed by atoms with Crippen LogP contribution in [0.1, 0.15) is 63.5 Å². The van der Waals surface area contributed by atoms with Crippen LogP contribution in [0.5, 0.6) is 11.5 Å². The van der Waals surface area contributed by atoms with Gasteiger partial charge in [0, 0.05) is 24.7 Å². The first-order chi connectivity index (χ1) is 17.8. The highest BCUT2D eigenvalue weighted by atomic mass is 16.5. The molecule has 0 aliphatic carbocycles. The van der Waals surface area contributed by atoms with Gasteiger partial charge in [-0.25, -0.2) is 4.68 Å². The van der Waals surface area contributed by atoms with E-state index in [4.69, 9.17) is 9.47 Å². The van der Waals surface area contributed by atoms with Gasteiger partial charge in [0.15, 0.2) is 5.82 Å². The van der Waals surface area contributed by atoms with Crippen molar-refractivity contribution in [2.75, 3.05) is 14.2 Å². The van der Waals surface area contributed by atoms with E-state index in [2.05, 4.69) is 65.2 Å². The third kappa shape index (κ3) is 5.67. The van der Waals surface area contributed by atoms with Gasteiger partial charge in [0.05, 0.1) is 31.3 Å². The second kappa shape index (κ2) is 11.1. The number of H-pyrrole nitrogens is 1. The summed E-state index contributed by atoms with van der Waals surface area (Å²) in [4.78, 5) is 18.5. The van der Waals surface area contributed by atoms with E-state index in [1.165, 1.54) is 0 Å². The van der Waals surface area contributed by atoms with E-state index in [0.717, 1.165) is 40.9 Å². The Bertz CT molecular complexity index is 1390. The fourth-order valence-corrected chi connectivity index (χ4v) is 4.52. The molecule has 0 amide bonds. The van der Waals surface area contributed by atoms with Gasteiger partial charge in [-0.15, -0.1) is 5.10 Å². The van der Waals surface area contributed by atoms with Crippen molar-refractivity contribution < 1.29 is 9.47 Å².